The molecule has 0 spiro atoms. The third-order valence-electron chi connectivity index (χ3n) is 4.43. The van der Waals surface area contributed by atoms with Crippen molar-refractivity contribution in [2.45, 2.75) is 32.2 Å². The predicted octanol–water partition coefficient (Wildman–Crippen LogP) is 3.37. The summed E-state index contributed by atoms with van der Waals surface area (Å²) in [5, 5.41) is 2.91. The van der Waals surface area contributed by atoms with Crippen molar-refractivity contribution in [3.8, 4) is 0 Å². The molecule has 1 aliphatic heterocycles. The molecular weight excluding hydrogens is 319 g/mol. The fraction of sp³-hybridized carbons (Fsp3) is 0.300. The van der Waals surface area contributed by atoms with E-state index in [9.17, 15) is 14.0 Å². The number of benzene rings is 2. The van der Waals surface area contributed by atoms with Gasteiger partial charge in [0.2, 0.25) is 11.8 Å². The first-order valence-electron chi connectivity index (χ1n) is 8.47. The summed E-state index contributed by atoms with van der Waals surface area (Å²) in [5.74, 6) is -0.237. The largest absolute Gasteiger partial charge is 0.349 e. The first kappa shape index (κ1) is 17.1. The van der Waals surface area contributed by atoms with Crippen LogP contribution in [0, 0.1) is 5.82 Å². The first-order chi connectivity index (χ1) is 12.0. The minimum atomic E-state index is -0.293. The van der Waals surface area contributed by atoms with Crippen LogP contribution >= 0.6 is 0 Å². The van der Waals surface area contributed by atoms with Gasteiger partial charge in [-0.25, -0.2) is 4.39 Å². The molecule has 1 saturated heterocycles. The van der Waals surface area contributed by atoms with E-state index in [-0.39, 0.29) is 30.1 Å². The van der Waals surface area contributed by atoms with E-state index in [1.165, 1.54) is 12.1 Å². The molecule has 1 aliphatic rings. The molecule has 5 heteroatoms. The van der Waals surface area contributed by atoms with Crippen LogP contribution in [0.4, 0.5) is 10.1 Å². The number of anilines is 1. The Morgan fingerprint density at radius 2 is 1.84 bits per heavy atom. The highest BCUT2D eigenvalue weighted by molar-refractivity contribution is 5.95. The van der Waals surface area contributed by atoms with Crippen molar-refractivity contribution in [3.63, 3.8) is 0 Å². The molecule has 1 N–H and O–H groups in total. The Morgan fingerprint density at radius 3 is 2.44 bits per heavy atom. The number of carbonyl (C=O) groups is 2. The maximum atomic E-state index is 13.0. The van der Waals surface area contributed by atoms with Gasteiger partial charge in [-0.05, 0) is 48.7 Å². The van der Waals surface area contributed by atoms with Gasteiger partial charge in [-0.2, -0.15) is 0 Å². The van der Waals surface area contributed by atoms with Crippen molar-refractivity contribution in [3.05, 3.63) is 65.5 Å². The van der Waals surface area contributed by atoms with Crippen LogP contribution in [0.1, 0.15) is 36.9 Å². The Kier molecular flexibility index (Phi) is 5.12. The maximum absolute atomic E-state index is 13.0. The van der Waals surface area contributed by atoms with E-state index in [0.29, 0.717) is 6.42 Å². The Balaban J connectivity index is 1.57. The number of nitrogens with one attached hydrogen (secondary N) is 1. The second-order valence-corrected chi connectivity index (χ2v) is 6.33. The molecular formula is C20H21FN2O2. The number of hydrogen-bond acceptors (Lipinski definition) is 2. The van der Waals surface area contributed by atoms with E-state index in [0.717, 1.165) is 29.8 Å². The van der Waals surface area contributed by atoms with Crippen LogP contribution in [0.5, 0.6) is 0 Å². The summed E-state index contributed by atoms with van der Waals surface area (Å²) in [7, 11) is 0. The topological polar surface area (TPSA) is 49.4 Å². The molecule has 2 aromatic rings. The molecule has 2 amide bonds. The lowest BCUT2D eigenvalue weighted by molar-refractivity contribution is -0.121. The monoisotopic (exact) mass is 340 g/mol. The molecule has 1 heterocycles. The number of amides is 2. The highest BCUT2D eigenvalue weighted by Gasteiger charge is 2.21. The number of carbonyl (C=O) groups excluding carboxylic acids is 2. The third kappa shape index (κ3) is 4.24. The Bertz CT molecular complexity index is 756. The SMILES string of the molecule is CC(NC(=O)Cc1ccc(N2CCCC2=O)cc1)c1ccc(F)cc1. The smallest absolute Gasteiger partial charge is 0.227 e. The number of nitrogens with zero attached hydrogens (tertiary/aromatic N) is 1. The average molecular weight is 340 g/mol. The van der Waals surface area contributed by atoms with Crippen LogP contribution in [-0.2, 0) is 16.0 Å². The molecule has 0 saturated carbocycles. The lowest BCUT2D eigenvalue weighted by atomic mass is 10.1. The summed E-state index contributed by atoms with van der Waals surface area (Å²) >= 11 is 0. The van der Waals surface area contributed by atoms with Crippen LogP contribution < -0.4 is 10.2 Å². The van der Waals surface area contributed by atoms with Crippen LogP contribution in [0.25, 0.3) is 0 Å². The summed E-state index contributed by atoms with van der Waals surface area (Å²) in [4.78, 5) is 25.7. The summed E-state index contributed by atoms with van der Waals surface area (Å²) in [6, 6.07) is 13.4. The highest BCUT2D eigenvalue weighted by Crippen LogP contribution is 2.22. The molecule has 130 valence electrons. The van der Waals surface area contributed by atoms with Gasteiger partial charge in [0.15, 0.2) is 0 Å². The summed E-state index contributed by atoms with van der Waals surface area (Å²) in [6.07, 6.45) is 1.76. The van der Waals surface area contributed by atoms with Gasteiger partial charge in [0.05, 0.1) is 12.5 Å². The molecule has 0 aliphatic carbocycles. The number of hydrogen-bond donors (Lipinski definition) is 1. The second kappa shape index (κ2) is 7.47. The molecule has 1 atom stereocenters. The molecule has 1 fully saturated rings. The second-order valence-electron chi connectivity index (χ2n) is 6.33. The van der Waals surface area contributed by atoms with Crippen LogP contribution in [-0.4, -0.2) is 18.4 Å². The van der Waals surface area contributed by atoms with Gasteiger partial charge in [-0.15, -0.1) is 0 Å². The molecule has 0 aromatic heterocycles. The van der Waals surface area contributed by atoms with Gasteiger partial charge in [-0.3, -0.25) is 9.59 Å². The van der Waals surface area contributed by atoms with Gasteiger partial charge >= 0.3 is 0 Å². The zero-order valence-corrected chi connectivity index (χ0v) is 14.2. The normalized spacial score (nSPS) is 15.3. The fourth-order valence-electron chi connectivity index (χ4n) is 3.03. The Hall–Kier alpha value is -2.69. The first-order valence-corrected chi connectivity index (χ1v) is 8.47. The van der Waals surface area contributed by atoms with Crippen molar-refractivity contribution in [2.24, 2.45) is 0 Å². The van der Waals surface area contributed by atoms with Gasteiger partial charge in [0, 0.05) is 18.7 Å². The van der Waals surface area contributed by atoms with Crippen molar-refractivity contribution >= 4 is 17.5 Å². The van der Waals surface area contributed by atoms with Gasteiger partial charge < -0.3 is 10.2 Å². The minimum Gasteiger partial charge on any atom is -0.349 e. The van der Waals surface area contributed by atoms with E-state index in [4.69, 9.17) is 0 Å². The number of halogens is 1. The minimum absolute atomic E-state index is 0.0955. The molecule has 25 heavy (non-hydrogen) atoms. The van der Waals surface area contributed by atoms with E-state index in [1.54, 1.807) is 17.0 Å². The Morgan fingerprint density at radius 1 is 1.16 bits per heavy atom. The van der Waals surface area contributed by atoms with Gasteiger partial charge in [0.1, 0.15) is 5.82 Å². The summed E-state index contributed by atoms with van der Waals surface area (Å²) in [6.45, 7) is 2.63. The Labute approximate surface area is 146 Å². The van der Waals surface area contributed by atoms with Crippen LogP contribution in [0.3, 0.4) is 0 Å². The molecule has 0 radical (unpaired) electrons. The van der Waals surface area contributed by atoms with Crippen LogP contribution in [0.15, 0.2) is 48.5 Å². The predicted molar refractivity (Wildman–Crippen MR) is 94.7 cm³/mol. The summed E-state index contributed by atoms with van der Waals surface area (Å²) < 4.78 is 13.0. The van der Waals surface area contributed by atoms with E-state index in [1.807, 2.05) is 31.2 Å². The highest BCUT2D eigenvalue weighted by atomic mass is 19.1. The van der Waals surface area contributed by atoms with Gasteiger partial charge in [-0.1, -0.05) is 24.3 Å². The lowest BCUT2D eigenvalue weighted by Crippen LogP contribution is -2.28. The molecule has 2 aromatic carbocycles. The van der Waals surface area contributed by atoms with Crippen LogP contribution in [0.2, 0.25) is 0 Å². The molecule has 1 unspecified atom stereocenters. The molecule has 3 rings (SSSR count). The summed E-state index contributed by atoms with van der Waals surface area (Å²) in [5.41, 5.74) is 2.63. The lowest BCUT2D eigenvalue weighted by Gasteiger charge is -2.16. The zero-order chi connectivity index (χ0) is 17.8. The molecule has 4 nitrogen and oxygen atoms in total. The fourth-order valence-corrected chi connectivity index (χ4v) is 3.03. The maximum Gasteiger partial charge on any atom is 0.227 e. The van der Waals surface area contributed by atoms with Crippen molar-refractivity contribution in [1.29, 1.82) is 0 Å². The molecule has 0 bridgehead atoms. The zero-order valence-electron chi connectivity index (χ0n) is 14.2. The van der Waals surface area contributed by atoms with Crippen molar-refractivity contribution in [1.82, 2.24) is 5.32 Å². The average Bonchev–Trinajstić information content (AvgIpc) is 3.02. The number of rotatable bonds is 5. The quantitative estimate of drug-likeness (QED) is 0.907. The standard InChI is InChI=1S/C20H21FN2O2/c1-14(16-6-8-17(21)9-7-16)22-19(24)13-15-4-10-18(11-5-15)23-12-2-3-20(23)25/h4-11,14H,2-3,12-13H2,1H3,(H,22,24). The van der Waals surface area contributed by atoms with E-state index < -0.39 is 0 Å². The van der Waals surface area contributed by atoms with E-state index >= 15 is 0 Å². The van der Waals surface area contributed by atoms with Gasteiger partial charge in [0.25, 0.3) is 0 Å². The third-order valence-corrected chi connectivity index (χ3v) is 4.43. The van der Waals surface area contributed by atoms with E-state index in [2.05, 4.69) is 5.32 Å². The van der Waals surface area contributed by atoms with Crippen molar-refractivity contribution < 1.29 is 14.0 Å². The van der Waals surface area contributed by atoms with Crippen molar-refractivity contribution in [2.75, 3.05) is 11.4 Å².